The highest BCUT2D eigenvalue weighted by Gasteiger charge is 2.38. The van der Waals surface area contributed by atoms with Crippen molar-refractivity contribution in [3.63, 3.8) is 0 Å². The van der Waals surface area contributed by atoms with E-state index in [4.69, 9.17) is 0 Å². The summed E-state index contributed by atoms with van der Waals surface area (Å²) in [4.78, 5) is 10.1. The molecule has 1 aromatic carbocycles. The molecule has 0 aliphatic heterocycles. The number of aromatic nitrogens is 2. The summed E-state index contributed by atoms with van der Waals surface area (Å²) < 4.78 is 76.3. The molecule has 5 nitrogen and oxygen atoms in total. The van der Waals surface area contributed by atoms with E-state index in [2.05, 4.69) is 5.10 Å². The number of nitro benzene ring substituents is 1. The van der Waals surface area contributed by atoms with E-state index < -0.39 is 45.6 Å². The third-order valence-electron chi connectivity index (χ3n) is 3.04. The molecule has 0 aliphatic carbocycles. The summed E-state index contributed by atoms with van der Waals surface area (Å²) in [6, 6.07) is 4.02. The van der Waals surface area contributed by atoms with Gasteiger partial charge >= 0.3 is 11.7 Å². The number of benzene rings is 1. The predicted octanol–water partition coefficient (Wildman–Crippen LogP) is 4.78. The molecule has 0 fully saturated rings. The quantitative estimate of drug-likeness (QED) is 0.329. The summed E-state index contributed by atoms with van der Waals surface area (Å²) >= 11 is -0.712. The van der Waals surface area contributed by atoms with Crippen LogP contribution in [0, 0.1) is 17.0 Å². The number of hydrogen-bond acceptors (Lipinski definition) is 4. The van der Waals surface area contributed by atoms with E-state index in [9.17, 15) is 36.5 Å². The molecule has 2 rings (SSSR count). The van der Waals surface area contributed by atoms with E-state index in [0.717, 1.165) is 6.07 Å². The van der Waals surface area contributed by atoms with E-state index in [1.807, 2.05) is 0 Å². The third kappa shape index (κ3) is 4.87. The highest BCUT2D eigenvalue weighted by molar-refractivity contribution is 8.00. The lowest BCUT2D eigenvalue weighted by Gasteiger charge is -2.09. The van der Waals surface area contributed by atoms with E-state index in [1.54, 1.807) is 0 Å². The maximum Gasteiger partial charge on any atom is 0.447 e. The van der Waals surface area contributed by atoms with Gasteiger partial charge in [0.15, 0.2) is 5.69 Å². The SMILES string of the molecule is Cc1cc(Cn2nc(C(F)(F)F)cc2SC(F)(F)F)ccc1[N+](=O)[O-]. The molecule has 0 spiro atoms. The van der Waals surface area contributed by atoms with Gasteiger partial charge < -0.3 is 0 Å². The fourth-order valence-electron chi connectivity index (χ4n) is 2.05. The number of aryl methyl sites for hydroxylation is 1. The summed E-state index contributed by atoms with van der Waals surface area (Å²) in [5.74, 6) is 0. The Balaban J connectivity index is 2.39. The van der Waals surface area contributed by atoms with Crippen LogP contribution >= 0.6 is 11.8 Å². The summed E-state index contributed by atoms with van der Waals surface area (Å²) in [5, 5.41) is 13.2. The van der Waals surface area contributed by atoms with Crippen molar-refractivity contribution < 1.29 is 31.3 Å². The molecule has 2 aromatic rings. The van der Waals surface area contributed by atoms with Crippen LogP contribution < -0.4 is 0 Å². The third-order valence-corrected chi connectivity index (χ3v) is 3.81. The van der Waals surface area contributed by atoms with Crippen molar-refractivity contribution in [1.29, 1.82) is 0 Å². The molecular weight excluding hydrogens is 376 g/mol. The van der Waals surface area contributed by atoms with Gasteiger partial charge in [0.25, 0.3) is 5.69 Å². The molecular formula is C13H9F6N3O2S. The van der Waals surface area contributed by atoms with E-state index in [0.29, 0.717) is 10.7 Å². The topological polar surface area (TPSA) is 61.0 Å². The first-order valence-electron chi connectivity index (χ1n) is 6.51. The number of rotatable bonds is 4. The van der Waals surface area contributed by atoms with Crippen molar-refractivity contribution in [2.75, 3.05) is 0 Å². The Morgan fingerprint density at radius 3 is 2.32 bits per heavy atom. The van der Waals surface area contributed by atoms with Crippen LogP contribution in [0.5, 0.6) is 0 Å². The molecule has 12 heteroatoms. The van der Waals surface area contributed by atoms with E-state index in [1.165, 1.54) is 19.1 Å². The second-order valence-electron chi connectivity index (χ2n) is 4.95. The molecule has 0 unspecified atom stereocenters. The maximum absolute atomic E-state index is 12.7. The normalized spacial score (nSPS) is 12.4. The van der Waals surface area contributed by atoms with Crippen molar-refractivity contribution in [3.05, 3.63) is 51.2 Å². The zero-order valence-corrected chi connectivity index (χ0v) is 13.2. The molecule has 0 saturated heterocycles. The predicted molar refractivity (Wildman–Crippen MR) is 76.1 cm³/mol. The average Bonchev–Trinajstić information content (AvgIpc) is 2.79. The highest BCUT2D eigenvalue weighted by atomic mass is 32.2. The van der Waals surface area contributed by atoms with Crippen molar-refractivity contribution in [3.8, 4) is 0 Å². The molecule has 25 heavy (non-hydrogen) atoms. The van der Waals surface area contributed by atoms with Gasteiger partial charge in [0.05, 0.1) is 11.5 Å². The second kappa shape index (κ2) is 6.58. The Morgan fingerprint density at radius 1 is 1.20 bits per heavy atom. The molecule has 0 aliphatic rings. The van der Waals surface area contributed by atoms with Gasteiger partial charge in [0.1, 0.15) is 5.03 Å². The number of halogens is 6. The van der Waals surface area contributed by atoms with Crippen molar-refractivity contribution in [2.24, 2.45) is 0 Å². The first-order valence-corrected chi connectivity index (χ1v) is 7.33. The Hall–Kier alpha value is -2.24. The summed E-state index contributed by atoms with van der Waals surface area (Å²) in [6.45, 7) is 1.02. The first-order chi connectivity index (χ1) is 11.4. The number of alkyl halides is 6. The highest BCUT2D eigenvalue weighted by Crippen LogP contribution is 2.39. The molecule has 0 N–H and O–H groups in total. The van der Waals surface area contributed by atoms with Crippen molar-refractivity contribution in [2.45, 2.75) is 30.2 Å². The van der Waals surface area contributed by atoms with Gasteiger partial charge in [-0.3, -0.25) is 14.8 Å². The smallest absolute Gasteiger partial charge is 0.258 e. The summed E-state index contributed by atoms with van der Waals surface area (Å²) in [5.41, 5.74) is -5.92. The fraction of sp³-hybridized carbons (Fsp3) is 0.308. The van der Waals surface area contributed by atoms with Gasteiger partial charge in [0, 0.05) is 29.5 Å². The molecule has 0 amide bonds. The largest absolute Gasteiger partial charge is 0.447 e. The summed E-state index contributed by atoms with van der Waals surface area (Å²) in [7, 11) is 0. The lowest BCUT2D eigenvalue weighted by atomic mass is 10.1. The Morgan fingerprint density at radius 2 is 1.84 bits per heavy atom. The van der Waals surface area contributed by atoms with Gasteiger partial charge in [-0.15, -0.1) is 0 Å². The standard InChI is InChI=1S/C13H9F6N3O2S/c1-7-4-8(2-3-9(7)22(23)24)6-21-11(25-13(17,18)19)5-10(20-21)12(14,15)16/h2-5H,6H2,1H3. The van der Waals surface area contributed by atoms with Crippen LogP contribution in [0.4, 0.5) is 32.0 Å². The molecule has 1 heterocycles. The second-order valence-corrected chi connectivity index (χ2v) is 6.03. The first kappa shape index (κ1) is 19.1. The van der Waals surface area contributed by atoms with Crippen molar-refractivity contribution in [1.82, 2.24) is 9.78 Å². The van der Waals surface area contributed by atoms with Gasteiger partial charge in [-0.05, 0) is 18.6 Å². The number of nitro groups is 1. The summed E-state index contributed by atoms with van der Waals surface area (Å²) in [6.07, 6.45) is -4.89. The molecule has 0 bridgehead atoms. The molecule has 0 saturated carbocycles. The maximum atomic E-state index is 12.7. The van der Waals surface area contributed by atoms with Crippen LogP contribution in [0.25, 0.3) is 0 Å². The van der Waals surface area contributed by atoms with Crippen LogP contribution in [-0.4, -0.2) is 20.2 Å². The molecule has 0 radical (unpaired) electrons. The van der Waals surface area contributed by atoms with Crippen LogP contribution in [-0.2, 0) is 12.7 Å². The van der Waals surface area contributed by atoms with Gasteiger partial charge in [0.2, 0.25) is 0 Å². The van der Waals surface area contributed by atoms with E-state index in [-0.39, 0.29) is 16.8 Å². The fourth-order valence-corrected chi connectivity index (χ4v) is 2.66. The van der Waals surface area contributed by atoms with Gasteiger partial charge in [-0.1, -0.05) is 6.07 Å². The number of nitrogens with zero attached hydrogens (tertiary/aromatic N) is 3. The Bertz CT molecular complexity index is 800. The minimum atomic E-state index is -4.89. The minimum absolute atomic E-state index is 0.204. The molecule has 1 aromatic heterocycles. The lowest BCUT2D eigenvalue weighted by molar-refractivity contribution is -0.385. The van der Waals surface area contributed by atoms with Gasteiger partial charge in [-0.25, -0.2) is 0 Å². The van der Waals surface area contributed by atoms with E-state index >= 15 is 0 Å². The van der Waals surface area contributed by atoms with Crippen LogP contribution in [0.1, 0.15) is 16.8 Å². The van der Waals surface area contributed by atoms with Crippen molar-refractivity contribution >= 4 is 17.4 Å². The van der Waals surface area contributed by atoms with Gasteiger partial charge in [-0.2, -0.15) is 31.4 Å². The monoisotopic (exact) mass is 385 g/mol. The number of thioether (sulfide) groups is 1. The zero-order chi connectivity index (χ0) is 19.0. The Kier molecular flexibility index (Phi) is 5.02. The van der Waals surface area contributed by atoms with Crippen LogP contribution in [0.3, 0.4) is 0 Å². The van der Waals surface area contributed by atoms with Crippen LogP contribution in [0.2, 0.25) is 0 Å². The molecule has 0 atom stereocenters. The zero-order valence-electron chi connectivity index (χ0n) is 12.4. The number of hydrogen-bond donors (Lipinski definition) is 0. The van der Waals surface area contributed by atoms with Crippen LogP contribution in [0.15, 0.2) is 29.3 Å². The average molecular weight is 385 g/mol. The minimum Gasteiger partial charge on any atom is -0.258 e. The lowest BCUT2D eigenvalue weighted by Crippen LogP contribution is -2.10. The Labute approximate surface area is 140 Å². The molecule has 136 valence electrons.